The maximum atomic E-state index is 13.6. The molecule has 3 aromatic carbocycles. The average Bonchev–Trinajstić information content (AvgIpc) is 2.87. The molecule has 0 aliphatic carbocycles. The molecule has 1 N–H and O–H groups in total. The summed E-state index contributed by atoms with van der Waals surface area (Å²) in [5.74, 6) is 0.253. The van der Waals surface area contributed by atoms with Gasteiger partial charge in [0.25, 0.3) is 0 Å². The van der Waals surface area contributed by atoms with Crippen molar-refractivity contribution in [1.29, 1.82) is 0 Å². The number of rotatable bonds is 11. The number of hydrogen-bond donors (Lipinski definition) is 1. The number of para-hydroxylation sites is 1. The summed E-state index contributed by atoms with van der Waals surface area (Å²) in [6.07, 6.45) is 2.03. The standard InChI is InChI=1S/C28H34N2O4S/c1-5-23-13-10-14-24(6-2)28(23)29-27(31)20-30(18-17-22-11-8-7-9-12-22)35(32,33)25-15-16-26(34-4)21(3)19-25/h7-16,19H,5-6,17-18,20H2,1-4H3,(H,29,31). The molecule has 0 bridgehead atoms. The van der Waals surface area contributed by atoms with E-state index in [2.05, 4.69) is 5.32 Å². The number of carbonyl (C=O) groups is 1. The zero-order valence-electron chi connectivity index (χ0n) is 20.9. The number of carbonyl (C=O) groups excluding carboxylic acids is 1. The fourth-order valence-electron chi connectivity index (χ4n) is 4.09. The predicted molar refractivity (Wildman–Crippen MR) is 140 cm³/mol. The van der Waals surface area contributed by atoms with E-state index < -0.39 is 10.0 Å². The van der Waals surface area contributed by atoms with Gasteiger partial charge in [-0.1, -0.05) is 62.4 Å². The highest BCUT2D eigenvalue weighted by Gasteiger charge is 2.27. The molecule has 6 nitrogen and oxygen atoms in total. The third kappa shape index (κ3) is 6.50. The third-order valence-electron chi connectivity index (χ3n) is 6.08. The molecule has 0 fully saturated rings. The first-order valence-electron chi connectivity index (χ1n) is 11.9. The summed E-state index contributed by atoms with van der Waals surface area (Å²) in [7, 11) is -2.37. The van der Waals surface area contributed by atoms with Gasteiger partial charge >= 0.3 is 0 Å². The number of anilines is 1. The normalized spacial score (nSPS) is 11.5. The molecule has 0 aliphatic heterocycles. The second-order valence-electron chi connectivity index (χ2n) is 8.41. The minimum absolute atomic E-state index is 0.139. The number of sulfonamides is 1. The maximum Gasteiger partial charge on any atom is 0.243 e. The Hall–Kier alpha value is -3.16. The van der Waals surface area contributed by atoms with Gasteiger partial charge in [0.2, 0.25) is 15.9 Å². The molecule has 0 aliphatic rings. The van der Waals surface area contributed by atoms with Gasteiger partial charge in [-0.15, -0.1) is 0 Å². The lowest BCUT2D eigenvalue weighted by Crippen LogP contribution is -2.39. The summed E-state index contributed by atoms with van der Waals surface area (Å²) in [6.45, 7) is 5.77. The molecule has 0 spiro atoms. The smallest absolute Gasteiger partial charge is 0.243 e. The van der Waals surface area contributed by atoms with Crippen LogP contribution in [0.25, 0.3) is 0 Å². The highest BCUT2D eigenvalue weighted by atomic mass is 32.2. The van der Waals surface area contributed by atoms with Crippen LogP contribution in [0, 0.1) is 6.92 Å². The molecule has 186 valence electrons. The zero-order valence-corrected chi connectivity index (χ0v) is 21.7. The van der Waals surface area contributed by atoms with Gasteiger partial charge in [0, 0.05) is 12.2 Å². The van der Waals surface area contributed by atoms with Crippen LogP contribution in [0.5, 0.6) is 5.75 Å². The van der Waals surface area contributed by atoms with Gasteiger partial charge in [0.1, 0.15) is 5.75 Å². The Balaban J connectivity index is 1.90. The van der Waals surface area contributed by atoms with Gasteiger partial charge in [-0.25, -0.2) is 8.42 Å². The van der Waals surface area contributed by atoms with Crippen molar-refractivity contribution >= 4 is 21.6 Å². The molecule has 0 saturated carbocycles. The first-order chi connectivity index (χ1) is 16.8. The van der Waals surface area contributed by atoms with E-state index in [1.807, 2.05) is 62.4 Å². The summed E-state index contributed by atoms with van der Waals surface area (Å²) >= 11 is 0. The first-order valence-corrected chi connectivity index (χ1v) is 13.3. The Kier molecular flexibility index (Phi) is 9.07. The number of methoxy groups -OCH3 is 1. The van der Waals surface area contributed by atoms with Crippen molar-refractivity contribution in [3.05, 3.63) is 89.0 Å². The molecule has 0 atom stereocenters. The molecular formula is C28H34N2O4S. The summed E-state index contributed by atoms with van der Waals surface area (Å²) in [4.78, 5) is 13.3. The molecule has 35 heavy (non-hydrogen) atoms. The van der Waals surface area contributed by atoms with E-state index in [9.17, 15) is 13.2 Å². The number of benzene rings is 3. The highest BCUT2D eigenvalue weighted by molar-refractivity contribution is 7.89. The largest absolute Gasteiger partial charge is 0.496 e. The summed E-state index contributed by atoms with van der Waals surface area (Å²) < 4.78 is 33.8. The van der Waals surface area contributed by atoms with Crippen LogP contribution < -0.4 is 10.1 Å². The first kappa shape index (κ1) is 26.4. The van der Waals surface area contributed by atoms with E-state index in [1.54, 1.807) is 26.2 Å². The Morgan fingerprint density at radius 1 is 0.943 bits per heavy atom. The number of hydrogen-bond acceptors (Lipinski definition) is 4. The minimum Gasteiger partial charge on any atom is -0.496 e. The van der Waals surface area contributed by atoms with Crippen molar-refractivity contribution in [3.8, 4) is 5.75 Å². The van der Waals surface area contributed by atoms with Crippen LogP contribution in [0.15, 0.2) is 71.6 Å². The van der Waals surface area contributed by atoms with Crippen LogP contribution in [0.1, 0.15) is 36.1 Å². The Morgan fingerprint density at radius 2 is 1.60 bits per heavy atom. The maximum absolute atomic E-state index is 13.6. The van der Waals surface area contributed by atoms with E-state index in [1.165, 1.54) is 10.4 Å². The van der Waals surface area contributed by atoms with E-state index in [0.717, 1.165) is 35.2 Å². The van der Waals surface area contributed by atoms with Gasteiger partial charge < -0.3 is 10.1 Å². The monoisotopic (exact) mass is 494 g/mol. The van der Waals surface area contributed by atoms with Crippen molar-refractivity contribution in [2.45, 2.75) is 44.9 Å². The summed E-state index contributed by atoms with van der Waals surface area (Å²) in [5.41, 5.74) is 4.56. The van der Waals surface area contributed by atoms with E-state index in [4.69, 9.17) is 4.74 Å². The van der Waals surface area contributed by atoms with Gasteiger partial charge in [0.05, 0.1) is 18.6 Å². The fourth-order valence-corrected chi connectivity index (χ4v) is 5.57. The van der Waals surface area contributed by atoms with E-state index in [-0.39, 0.29) is 23.9 Å². The van der Waals surface area contributed by atoms with Crippen molar-refractivity contribution < 1.29 is 17.9 Å². The summed E-state index contributed by atoms with van der Waals surface area (Å²) in [5, 5.41) is 3.00. The predicted octanol–water partition coefficient (Wildman–Crippen LogP) is 5.00. The molecule has 7 heteroatoms. The molecule has 0 radical (unpaired) electrons. The summed E-state index contributed by atoms with van der Waals surface area (Å²) in [6, 6.07) is 20.4. The molecule has 1 amide bonds. The number of nitrogens with zero attached hydrogens (tertiary/aromatic N) is 1. The van der Waals surface area contributed by atoms with Crippen molar-refractivity contribution in [3.63, 3.8) is 0 Å². The van der Waals surface area contributed by atoms with Crippen LogP contribution in [-0.4, -0.2) is 38.8 Å². The second-order valence-corrected chi connectivity index (χ2v) is 10.4. The fraction of sp³-hybridized carbons (Fsp3) is 0.321. The van der Waals surface area contributed by atoms with Crippen molar-refractivity contribution in [2.24, 2.45) is 0 Å². The molecule has 3 rings (SSSR count). The number of aryl methyl sites for hydroxylation is 3. The topological polar surface area (TPSA) is 75.7 Å². The van der Waals surface area contributed by atoms with Crippen LogP contribution in [0.2, 0.25) is 0 Å². The van der Waals surface area contributed by atoms with Crippen LogP contribution >= 0.6 is 0 Å². The van der Waals surface area contributed by atoms with Crippen molar-refractivity contribution in [1.82, 2.24) is 4.31 Å². The quantitative estimate of drug-likeness (QED) is 0.407. The molecule has 0 saturated heterocycles. The molecule has 0 aromatic heterocycles. The van der Waals surface area contributed by atoms with Crippen LogP contribution in [0.4, 0.5) is 5.69 Å². The van der Waals surface area contributed by atoms with E-state index in [0.29, 0.717) is 17.7 Å². The van der Waals surface area contributed by atoms with Crippen LogP contribution in [-0.2, 0) is 34.1 Å². The Bertz CT molecular complexity index is 1230. The molecule has 0 unspecified atom stereocenters. The Labute approximate surface area is 209 Å². The lowest BCUT2D eigenvalue weighted by molar-refractivity contribution is -0.116. The minimum atomic E-state index is -3.92. The Morgan fingerprint density at radius 3 is 2.17 bits per heavy atom. The number of amides is 1. The number of ether oxygens (including phenoxy) is 1. The zero-order chi connectivity index (χ0) is 25.4. The van der Waals surface area contributed by atoms with E-state index >= 15 is 0 Å². The third-order valence-corrected chi connectivity index (χ3v) is 7.92. The van der Waals surface area contributed by atoms with Gasteiger partial charge in [-0.3, -0.25) is 4.79 Å². The van der Waals surface area contributed by atoms with Gasteiger partial charge in [-0.05, 0) is 66.6 Å². The SMILES string of the molecule is CCc1cccc(CC)c1NC(=O)CN(CCc1ccccc1)S(=O)(=O)c1ccc(OC)c(C)c1. The molecule has 3 aromatic rings. The lowest BCUT2D eigenvalue weighted by Gasteiger charge is -2.23. The highest BCUT2D eigenvalue weighted by Crippen LogP contribution is 2.25. The molecular weight excluding hydrogens is 460 g/mol. The van der Waals surface area contributed by atoms with Gasteiger partial charge in [-0.2, -0.15) is 4.31 Å². The lowest BCUT2D eigenvalue weighted by atomic mass is 10.0. The van der Waals surface area contributed by atoms with Crippen LogP contribution in [0.3, 0.4) is 0 Å². The second kappa shape index (κ2) is 12.0. The average molecular weight is 495 g/mol. The molecule has 0 heterocycles. The van der Waals surface area contributed by atoms with Gasteiger partial charge in [0.15, 0.2) is 0 Å². The van der Waals surface area contributed by atoms with Crippen molar-refractivity contribution in [2.75, 3.05) is 25.5 Å². The number of nitrogens with one attached hydrogen (secondary N) is 1.